The minimum Gasteiger partial charge on any atom is -0.494 e. The Morgan fingerprint density at radius 1 is 1.26 bits per heavy atom. The van der Waals surface area contributed by atoms with Crippen LogP contribution in [-0.2, 0) is 26.1 Å². The average Bonchev–Trinajstić information content (AvgIpc) is 3.25. The second-order valence-corrected chi connectivity index (χ2v) is 6.39. The Balaban J connectivity index is 0.00000261. The van der Waals surface area contributed by atoms with Gasteiger partial charge in [0.25, 0.3) is 0 Å². The van der Waals surface area contributed by atoms with Gasteiger partial charge in [-0.1, -0.05) is 12.1 Å². The highest BCUT2D eigenvalue weighted by atomic mass is 127. The monoisotopic (exact) mass is 484 g/mol. The maximum absolute atomic E-state index is 5.50. The van der Waals surface area contributed by atoms with Crippen molar-refractivity contribution in [3.05, 3.63) is 41.5 Å². The van der Waals surface area contributed by atoms with E-state index in [0.29, 0.717) is 13.2 Å². The van der Waals surface area contributed by atoms with Crippen molar-refractivity contribution in [1.82, 2.24) is 25.0 Å². The molecule has 0 spiro atoms. The lowest BCUT2D eigenvalue weighted by molar-refractivity contribution is 0.340. The summed E-state index contributed by atoms with van der Waals surface area (Å²) in [6, 6.07) is 8.21. The highest BCUT2D eigenvalue weighted by Crippen LogP contribution is 2.15. The van der Waals surface area contributed by atoms with Gasteiger partial charge in [-0.3, -0.25) is 0 Å². The Morgan fingerprint density at radius 3 is 2.74 bits per heavy atom. The number of hydrogen-bond acceptors (Lipinski definition) is 4. The van der Waals surface area contributed by atoms with Gasteiger partial charge < -0.3 is 19.5 Å². The van der Waals surface area contributed by atoms with Crippen molar-refractivity contribution >= 4 is 29.9 Å². The van der Waals surface area contributed by atoms with Crippen molar-refractivity contribution in [3.8, 4) is 5.75 Å². The standard InChI is InChI=1S/C19H28N6O.HI/c1-4-20-19(21-13-18-23-22-17-7-6-12-25(17)18)24(3)14-15-8-10-16(11-9-15)26-5-2;/h8-11H,4-7,12-14H2,1-3H3,(H,20,21);1H. The summed E-state index contributed by atoms with van der Waals surface area (Å²) in [6.07, 6.45) is 2.17. The van der Waals surface area contributed by atoms with Gasteiger partial charge in [0.2, 0.25) is 0 Å². The first-order chi connectivity index (χ1) is 12.7. The van der Waals surface area contributed by atoms with E-state index in [1.807, 2.05) is 26.1 Å². The lowest BCUT2D eigenvalue weighted by atomic mass is 10.2. The average molecular weight is 484 g/mol. The van der Waals surface area contributed by atoms with Gasteiger partial charge in [0.15, 0.2) is 11.8 Å². The number of halogens is 1. The normalized spacial score (nSPS) is 13.1. The number of ether oxygens (including phenoxy) is 1. The maximum atomic E-state index is 5.50. The third-order valence-electron chi connectivity index (χ3n) is 4.41. The van der Waals surface area contributed by atoms with Crippen LogP contribution < -0.4 is 10.1 Å². The molecule has 27 heavy (non-hydrogen) atoms. The number of rotatable bonds is 7. The number of aliphatic imine (C=N–C) groups is 1. The van der Waals surface area contributed by atoms with Crippen molar-refractivity contribution in [2.75, 3.05) is 20.2 Å². The lowest BCUT2D eigenvalue weighted by Gasteiger charge is -2.22. The number of fused-ring (bicyclic) bond motifs is 1. The molecule has 2 heterocycles. The first-order valence-corrected chi connectivity index (χ1v) is 9.33. The van der Waals surface area contributed by atoms with E-state index in [1.54, 1.807) is 0 Å². The Morgan fingerprint density at radius 2 is 2.04 bits per heavy atom. The molecule has 0 fully saturated rings. The Bertz CT molecular complexity index is 743. The first kappa shape index (κ1) is 21.5. The van der Waals surface area contributed by atoms with E-state index in [-0.39, 0.29) is 24.0 Å². The topological polar surface area (TPSA) is 67.6 Å². The Labute approximate surface area is 178 Å². The predicted octanol–water partition coefficient (Wildman–Crippen LogP) is 2.84. The van der Waals surface area contributed by atoms with Gasteiger partial charge in [-0.05, 0) is 38.0 Å². The molecule has 0 saturated heterocycles. The van der Waals surface area contributed by atoms with Crippen LogP contribution >= 0.6 is 24.0 Å². The van der Waals surface area contributed by atoms with Crippen LogP contribution in [0.4, 0.5) is 0 Å². The quantitative estimate of drug-likeness (QED) is 0.372. The number of guanidine groups is 1. The van der Waals surface area contributed by atoms with Crippen molar-refractivity contribution in [2.45, 2.75) is 46.3 Å². The van der Waals surface area contributed by atoms with Crippen LogP contribution in [0.15, 0.2) is 29.3 Å². The summed E-state index contributed by atoms with van der Waals surface area (Å²) in [6.45, 7) is 7.90. The number of benzene rings is 1. The van der Waals surface area contributed by atoms with E-state index < -0.39 is 0 Å². The summed E-state index contributed by atoms with van der Waals surface area (Å²) in [5.41, 5.74) is 1.21. The van der Waals surface area contributed by atoms with Gasteiger partial charge in [0.05, 0.1) is 6.61 Å². The molecule has 148 valence electrons. The number of hydrogen-bond donors (Lipinski definition) is 1. The SMILES string of the molecule is CCNC(=NCc1nnc2n1CCC2)N(C)Cc1ccc(OCC)cc1.I. The number of aromatic nitrogens is 3. The van der Waals surface area contributed by atoms with Crippen molar-refractivity contribution in [3.63, 3.8) is 0 Å². The molecule has 1 N–H and O–H groups in total. The van der Waals surface area contributed by atoms with E-state index in [4.69, 9.17) is 9.73 Å². The van der Waals surface area contributed by atoms with Crippen molar-refractivity contribution in [1.29, 1.82) is 0 Å². The molecule has 0 unspecified atom stereocenters. The molecule has 0 amide bonds. The zero-order valence-electron chi connectivity index (χ0n) is 16.3. The molecule has 0 aliphatic carbocycles. The molecule has 0 atom stereocenters. The second-order valence-electron chi connectivity index (χ2n) is 6.39. The number of aryl methyl sites for hydroxylation is 1. The van der Waals surface area contributed by atoms with Gasteiger partial charge in [-0.2, -0.15) is 0 Å². The van der Waals surface area contributed by atoms with Crippen LogP contribution in [0.2, 0.25) is 0 Å². The molecular weight excluding hydrogens is 455 g/mol. The Kier molecular flexibility index (Phi) is 8.33. The minimum absolute atomic E-state index is 0. The zero-order chi connectivity index (χ0) is 18.4. The van der Waals surface area contributed by atoms with Crippen LogP contribution in [0.1, 0.15) is 37.5 Å². The lowest BCUT2D eigenvalue weighted by Crippen LogP contribution is -2.38. The summed E-state index contributed by atoms with van der Waals surface area (Å²) < 4.78 is 7.70. The molecule has 0 saturated carbocycles. The van der Waals surface area contributed by atoms with E-state index in [2.05, 4.69) is 44.0 Å². The zero-order valence-corrected chi connectivity index (χ0v) is 18.6. The van der Waals surface area contributed by atoms with Crippen LogP contribution in [0.25, 0.3) is 0 Å². The van der Waals surface area contributed by atoms with E-state index >= 15 is 0 Å². The van der Waals surface area contributed by atoms with E-state index in [9.17, 15) is 0 Å². The van der Waals surface area contributed by atoms with Gasteiger partial charge >= 0.3 is 0 Å². The van der Waals surface area contributed by atoms with Crippen LogP contribution in [-0.4, -0.2) is 45.8 Å². The molecule has 7 nitrogen and oxygen atoms in total. The smallest absolute Gasteiger partial charge is 0.194 e. The number of nitrogens with one attached hydrogen (secondary N) is 1. The van der Waals surface area contributed by atoms with Crippen molar-refractivity contribution < 1.29 is 4.74 Å². The van der Waals surface area contributed by atoms with Gasteiger partial charge in [0, 0.05) is 33.1 Å². The van der Waals surface area contributed by atoms with Crippen molar-refractivity contribution in [2.24, 2.45) is 4.99 Å². The molecule has 0 bridgehead atoms. The molecular formula is C19H29IN6O. The molecule has 0 radical (unpaired) electrons. The molecule has 1 aliphatic heterocycles. The molecule has 3 rings (SSSR count). The summed E-state index contributed by atoms with van der Waals surface area (Å²) in [5.74, 6) is 3.81. The predicted molar refractivity (Wildman–Crippen MR) is 118 cm³/mol. The molecule has 1 aliphatic rings. The largest absolute Gasteiger partial charge is 0.494 e. The van der Waals surface area contributed by atoms with Gasteiger partial charge in [-0.15, -0.1) is 34.2 Å². The molecule has 1 aromatic heterocycles. The molecule has 8 heteroatoms. The van der Waals surface area contributed by atoms with Crippen LogP contribution in [0, 0.1) is 0 Å². The van der Waals surface area contributed by atoms with Gasteiger partial charge in [0.1, 0.15) is 18.1 Å². The fourth-order valence-electron chi connectivity index (χ4n) is 3.15. The maximum Gasteiger partial charge on any atom is 0.194 e. The third-order valence-corrected chi connectivity index (χ3v) is 4.41. The van der Waals surface area contributed by atoms with E-state index in [0.717, 1.165) is 55.8 Å². The second kappa shape index (κ2) is 10.5. The molecule has 2 aromatic rings. The van der Waals surface area contributed by atoms with Gasteiger partial charge in [-0.25, -0.2) is 4.99 Å². The summed E-state index contributed by atoms with van der Waals surface area (Å²) in [5, 5.41) is 11.9. The highest BCUT2D eigenvalue weighted by Gasteiger charge is 2.17. The Hall–Kier alpha value is -1.84. The minimum atomic E-state index is 0. The third kappa shape index (κ3) is 5.57. The molecule has 1 aromatic carbocycles. The van der Waals surface area contributed by atoms with E-state index in [1.165, 1.54) is 5.56 Å². The first-order valence-electron chi connectivity index (χ1n) is 9.33. The highest BCUT2D eigenvalue weighted by molar-refractivity contribution is 14.0. The summed E-state index contributed by atoms with van der Waals surface area (Å²) in [7, 11) is 2.05. The summed E-state index contributed by atoms with van der Waals surface area (Å²) in [4.78, 5) is 6.89. The fourth-order valence-corrected chi connectivity index (χ4v) is 3.15. The van der Waals surface area contributed by atoms with Crippen LogP contribution in [0.5, 0.6) is 5.75 Å². The van der Waals surface area contributed by atoms with Crippen LogP contribution in [0.3, 0.4) is 0 Å². The number of nitrogens with zero attached hydrogens (tertiary/aromatic N) is 5. The summed E-state index contributed by atoms with van der Waals surface area (Å²) >= 11 is 0. The fraction of sp³-hybridized carbons (Fsp3) is 0.526.